The number of nitrogens with one attached hydrogen (secondary N) is 3. The van der Waals surface area contributed by atoms with Gasteiger partial charge < -0.3 is 15.4 Å². The van der Waals surface area contributed by atoms with Gasteiger partial charge in [0, 0.05) is 13.1 Å². The third kappa shape index (κ3) is 6.24. The molecular formula is C20H28N4O3S. The lowest BCUT2D eigenvalue weighted by molar-refractivity contribution is 0.409. The van der Waals surface area contributed by atoms with Crippen molar-refractivity contribution in [1.82, 2.24) is 15.4 Å². The van der Waals surface area contributed by atoms with Gasteiger partial charge in [0.15, 0.2) is 5.96 Å². The van der Waals surface area contributed by atoms with Gasteiger partial charge in [0.25, 0.3) is 0 Å². The van der Waals surface area contributed by atoms with E-state index in [1.165, 1.54) is 7.05 Å². The molecule has 0 unspecified atom stereocenters. The second kappa shape index (κ2) is 10.7. The molecule has 2 rings (SSSR count). The molecule has 152 valence electrons. The minimum atomic E-state index is -3.42. The number of hydrogen-bond acceptors (Lipinski definition) is 4. The van der Waals surface area contributed by atoms with Crippen LogP contribution in [0, 0.1) is 0 Å². The van der Waals surface area contributed by atoms with Crippen LogP contribution in [0.25, 0.3) is 0 Å². The number of hydrogen-bond donors (Lipinski definition) is 3. The maximum absolute atomic E-state index is 11.8. The monoisotopic (exact) mass is 404 g/mol. The van der Waals surface area contributed by atoms with Crippen LogP contribution in [-0.4, -0.2) is 41.6 Å². The predicted octanol–water partition coefficient (Wildman–Crippen LogP) is 1.90. The number of benzene rings is 2. The van der Waals surface area contributed by atoms with E-state index < -0.39 is 10.0 Å². The van der Waals surface area contributed by atoms with E-state index in [4.69, 9.17) is 4.74 Å². The Bertz CT molecular complexity index is 881. The van der Waals surface area contributed by atoms with Crippen LogP contribution in [0.1, 0.15) is 18.1 Å². The van der Waals surface area contributed by atoms with Gasteiger partial charge in [-0.15, -0.1) is 0 Å². The molecule has 0 aliphatic rings. The smallest absolute Gasteiger partial charge is 0.240 e. The molecule has 0 aliphatic heterocycles. The zero-order valence-corrected chi connectivity index (χ0v) is 17.3. The Morgan fingerprint density at radius 1 is 1.07 bits per heavy atom. The van der Waals surface area contributed by atoms with Crippen LogP contribution in [0.3, 0.4) is 0 Å². The zero-order chi connectivity index (χ0) is 20.4. The maximum atomic E-state index is 11.8. The Balaban J connectivity index is 1.96. The summed E-state index contributed by atoms with van der Waals surface area (Å²) in [4.78, 5) is 4.81. The van der Waals surface area contributed by atoms with Gasteiger partial charge in [0.05, 0.1) is 18.6 Å². The van der Waals surface area contributed by atoms with E-state index in [2.05, 4.69) is 20.3 Å². The van der Waals surface area contributed by atoms with E-state index in [-0.39, 0.29) is 4.90 Å². The highest BCUT2D eigenvalue weighted by Gasteiger charge is 2.10. The largest absolute Gasteiger partial charge is 0.496 e. The molecule has 8 heteroatoms. The maximum Gasteiger partial charge on any atom is 0.240 e. The van der Waals surface area contributed by atoms with Gasteiger partial charge in [0.2, 0.25) is 10.0 Å². The van der Waals surface area contributed by atoms with Gasteiger partial charge in [-0.05, 0) is 49.7 Å². The molecule has 0 radical (unpaired) electrons. The van der Waals surface area contributed by atoms with Crippen molar-refractivity contribution in [2.24, 2.45) is 4.99 Å². The summed E-state index contributed by atoms with van der Waals surface area (Å²) < 4.78 is 31.2. The van der Waals surface area contributed by atoms with Gasteiger partial charge in [-0.3, -0.25) is 0 Å². The number of guanidine groups is 1. The van der Waals surface area contributed by atoms with Crippen LogP contribution in [-0.2, 0) is 23.0 Å². The Morgan fingerprint density at radius 3 is 2.43 bits per heavy atom. The first-order valence-corrected chi connectivity index (χ1v) is 10.6. The van der Waals surface area contributed by atoms with Crippen molar-refractivity contribution >= 4 is 16.0 Å². The van der Waals surface area contributed by atoms with Crippen molar-refractivity contribution in [2.45, 2.75) is 24.8 Å². The lowest BCUT2D eigenvalue weighted by Gasteiger charge is -2.13. The fourth-order valence-corrected chi connectivity index (χ4v) is 3.36. The van der Waals surface area contributed by atoms with Crippen LogP contribution in [0.15, 0.2) is 58.4 Å². The van der Waals surface area contributed by atoms with E-state index in [1.54, 1.807) is 31.4 Å². The molecule has 0 spiro atoms. The zero-order valence-electron chi connectivity index (χ0n) is 16.5. The predicted molar refractivity (Wildman–Crippen MR) is 112 cm³/mol. The molecule has 0 heterocycles. The molecular weight excluding hydrogens is 376 g/mol. The molecule has 0 bridgehead atoms. The van der Waals surface area contributed by atoms with Crippen LogP contribution in [0.4, 0.5) is 0 Å². The summed E-state index contributed by atoms with van der Waals surface area (Å²) in [6.07, 6.45) is 0.811. The van der Waals surface area contributed by atoms with Crippen LogP contribution >= 0.6 is 0 Å². The lowest BCUT2D eigenvalue weighted by atomic mass is 10.1. The van der Waals surface area contributed by atoms with Gasteiger partial charge in [-0.2, -0.15) is 0 Å². The number of nitrogens with zero attached hydrogens (tertiary/aromatic N) is 1. The summed E-state index contributed by atoms with van der Waals surface area (Å²) in [6.45, 7) is 3.92. The highest BCUT2D eigenvalue weighted by molar-refractivity contribution is 7.89. The summed E-state index contributed by atoms with van der Waals surface area (Å²) in [7, 11) is -0.352. The molecule has 0 aromatic heterocycles. The van der Waals surface area contributed by atoms with E-state index >= 15 is 0 Å². The second-order valence-electron chi connectivity index (χ2n) is 6.04. The molecule has 0 atom stereocenters. The van der Waals surface area contributed by atoms with Crippen LogP contribution in [0.5, 0.6) is 5.75 Å². The molecule has 2 aromatic carbocycles. The third-order valence-corrected chi connectivity index (χ3v) is 5.58. The van der Waals surface area contributed by atoms with Gasteiger partial charge in [-0.25, -0.2) is 18.1 Å². The molecule has 0 aliphatic carbocycles. The molecule has 3 N–H and O–H groups in total. The first kappa shape index (κ1) is 21.7. The number of rotatable bonds is 9. The minimum absolute atomic E-state index is 0.240. The topological polar surface area (TPSA) is 91.8 Å². The number of methoxy groups -OCH3 is 1. The van der Waals surface area contributed by atoms with Gasteiger partial charge in [0.1, 0.15) is 5.75 Å². The molecule has 28 heavy (non-hydrogen) atoms. The Kier molecular flexibility index (Phi) is 8.28. The number of ether oxygens (including phenoxy) is 1. The van der Waals surface area contributed by atoms with Crippen molar-refractivity contribution in [1.29, 1.82) is 0 Å². The first-order valence-electron chi connectivity index (χ1n) is 9.16. The van der Waals surface area contributed by atoms with E-state index in [9.17, 15) is 8.42 Å². The molecule has 2 aromatic rings. The lowest BCUT2D eigenvalue weighted by Crippen LogP contribution is -2.38. The Morgan fingerprint density at radius 2 is 1.79 bits per heavy atom. The van der Waals surface area contributed by atoms with Gasteiger partial charge in [-0.1, -0.05) is 30.3 Å². The van der Waals surface area contributed by atoms with Gasteiger partial charge >= 0.3 is 0 Å². The average molecular weight is 405 g/mol. The summed E-state index contributed by atoms with van der Waals surface area (Å²) in [5.74, 6) is 1.59. The fourth-order valence-electron chi connectivity index (χ4n) is 2.63. The second-order valence-corrected chi connectivity index (χ2v) is 7.92. The number of sulfonamides is 1. The summed E-state index contributed by atoms with van der Waals surface area (Å²) >= 11 is 0. The van der Waals surface area contributed by atoms with Crippen molar-refractivity contribution in [3.8, 4) is 5.75 Å². The van der Waals surface area contributed by atoms with Crippen molar-refractivity contribution in [2.75, 3.05) is 27.2 Å². The van der Waals surface area contributed by atoms with E-state index in [1.807, 2.05) is 31.2 Å². The Hall–Kier alpha value is -2.58. The average Bonchev–Trinajstić information content (AvgIpc) is 2.72. The standard InChI is InChI=1S/C20H28N4O3S/c1-4-22-20(23-14-13-17-7-5-6-8-19(17)27-3)24-15-16-9-11-18(12-10-16)28(25,26)21-2/h5-12,21H,4,13-15H2,1-3H3,(H2,22,23,24). The van der Waals surface area contributed by atoms with E-state index in [0.29, 0.717) is 19.0 Å². The van der Waals surface area contributed by atoms with Crippen molar-refractivity contribution < 1.29 is 13.2 Å². The SMILES string of the molecule is CCNC(=NCc1ccc(S(=O)(=O)NC)cc1)NCCc1ccccc1OC. The summed E-state index contributed by atoms with van der Waals surface area (Å²) in [5, 5.41) is 6.53. The quantitative estimate of drug-likeness (QED) is 0.439. The van der Waals surface area contributed by atoms with Crippen molar-refractivity contribution in [3.05, 3.63) is 59.7 Å². The van der Waals surface area contributed by atoms with E-state index in [0.717, 1.165) is 29.8 Å². The molecule has 0 fully saturated rings. The van der Waals surface area contributed by atoms with Crippen LogP contribution < -0.4 is 20.1 Å². The summed E-state index contributed by atoms with van der Waals surface area (Å²) in [6, 6.07) is 14.6. The number of para-hydroxylation sites is 1. The fraction of sp³-hybridized carbons (Fsp3) is 0.350. The third-order valence-electron chi connectivity index (χ3n) is 4.15. The Labute approximate surface area is 167 Å². The first-order chi connectivity index (χ1) is 13.5. The normalized spacial score (nSPS) is 11.9. The molecule has 0 saturated heterocycles. The minimum Gasteiger partial charge on any atom is -0.496 e. The van der Waals surface area contributed by atoms with Crippen LogP contribution in [0.2, 0.25) is 0 Å². The van der Waals surface area contributed by atoms with Crippen molar-refractivity contribution in [3.63, 3.8) is 0 Å². The molecule has 7 nitrogen and oxygen atoms in total. The highest BCUT2D eigenvalue weighted by atomic mass is 32.2. The molecule has 0 saturated carbocycles. The molecule has 0 amide bonds. The summed E-state index contributed by atoms with van der Waals surface area (Å²) in [5.41, 5.74) is 2.06. The number of aliphatic imine (C=N–C) groups is 1. The highest BCUT2D eigenvalue weighted by Crippen LogP contribution is 2.17.